The molecule has 1 heterocycles. The molecule has 0 aromatic rings. The Bertz CT molecular complexity index is 149. The van der Waals surface area contributed by atoms with Gasteiger partial charge in [-0.05, 0) is 13.8 Å². The van der Waals surface area contributed by atoms with Crippen LogP contribution in [0.2, 0.25) is 0 Å². The van der Waals surface area contributed by atoms with Gasteiger partial charge >= 0.3 is 0 Å². The highest BCUT2D eigenvalue weighted by atomic mass is 35.5. The lowest BCUT2D eigenvalue weighted by molar-refractivity contribution is 0.133. The third-order valence-electron chi connectivity index (χ3n) is 2.42. The van der Waals surface area contributed by atoms with E-state index in [4.69, 9.17) is 11.6 Å². The van der Waals surface area contributed by atoms with Gasteiger partial charge in [-0.15, -0.1) is 0 Å². The van der Waals surface area contributed by atoms with Crippen LogP contribution in [0.15, 0.2) is 11.6 Å². The van der Waals surface area contributed by atoms with Crippen molar-refractivity contribution < 1.29 is 0 Å². The zero-order valence-corrected chi connectivity index (χ0v) is 8.51. The van der Waals surface area contributed by atoms with E-state index in [-0.39, 0.29) is 0 Å². The van der Waals surface area contributed by atoms with E-state index in [0.29, 0.717) is 12.1 Å². The molecule has 1 fully saturated rings. The Hall–Kier alpha value is -0.0500. The number of hydrogen-bond acceptors (Lipinski definition) is 2. The van der Waals surface area contributed by atoms with Crippen molar-refractivity contribution in [2.24, 2.45) is 0 Å². The molecular weight excluding hydrogens is 172 g/mol. The van der Waals surface area contributed by atoms with Gasteiger partial charge in [0.15, 0.2) is 0 Å². The Kier molecular flexibility index (Phi) is 4.06. The van der Waals surface area contributed by atoms with Crippen LogP contribution in [0, 0.1) is 0 Å². The summed E-state index contributed by atoms with van der Waals surface area (Å²) in [5.74, 6) is 0. The van der Waals surface area contributed by atoms with Gasteiger partial charge in [0.05, 0.1) is 0 Å². The van der Waals surface area contributed by atoms with Crippen molar-refractivity contribution in [1.82, 2.24) is 10.2 Å². The largest absolute Gasteiger partial charge is 0.314 e. The summed E-state index contributed by atoms with van der Waals surface area (Å²) in [6, 6.07) is 1.23. The summed E-state index contributed by atoms with van der Waals surface area (Å²) in [6.07, 6.45) is 2.00. The van der Waals surface area contributed by atoms with Crippen molar-refractivity contribution in [2.75, 3.05) is 19.6 Å². The summed E-state index contributed by atoms with van der Waals surface area (Å²) in [5, 5.41) is 3.39. The molecule has 1 aliphatic rings. The molecule has 2 unspecified atom stereocenters. The zero-order valence-electron chi connectivity index (χ0n) is 7.76. The van der Waals surface area contributed by atoms with E-state index in [1.54, 1.807) is 5.54 Å². The number of piperazine rings is 1. The first-order valence-electron chi connectivity index (χ1n) is 4.47. The molecule has 0 aromatic carbocycles. The monoisotopic (exact) mass is 188 g/mol. The van der Waals surface area contributed by atoms with Crippen LogP contribution >= 0.6 is 11.6 Å². The first-order chi connectivity index (χ1) is 5.75. The fraction of sp³-hybridized carbons (Fsp3) is 0.778. The molecule has 0 saturated carbocycles. The second-order valence-corrected chi connectivity index (χ2v) is 3.67. The van der Waals surface area contributed by atoms with Crippen LogP contribution in [-0.2, 0) is 0 Å². The number of nitrogens with one attached hydrogen (secondary N) is 1. The minimum atomic E-state index is 0.613. The highest BCUT2D eigenvalue weighted by Gasteiger charge is 2.22. The van der Waals surface area contributed by atoms with Crippen molar-refractivity contribution >= 4 is 11.6 Å². The van der Waals surface area contributed by atoms with Crippen LogP contribution in [0.3, 0.4) is 0 Å². The average Bonchev–Trinajstić information content (AvgIpc) is 2.04. The third-order valence-corrected chi connectivity index (χ3v) is 2.60. The van der Waals surface area contributed by atoms with Crippen LogP contribution in [0.25, 0.3) is 0 Å². The molecule has 0 aromatic heterocycles. The minimum Gasteiger partial charge on any atom is -0.314 e. The van der Waals surface area contributed by atoms with E-state index < -0.39 is 0 Å². The van der Waals surface area contributed by atoms with Gasteiger partial charge in [0.25, 0.3) is 0 Å². The molecule has 1 aliphatic heterocycles. The second-order valence-electron chi connectivity index (χ2n) is 3.41. The van der Waals surface area contributed by atoms with Gasteiger partial charge < -0.3 is 5.32 Å². The maximum absolute atomic E-state index is 5.49. The lowest BCUT2D eigenvalue weighted by Crippen LogP contribution is -2.54. The standard InChI is InChI=1S/C9H17ClN2/c1-8-6-11-7-9(2)12(8)5-3-4-10/h3-4,8-9,11H,5-7H2,1-2H3. The smallest absolute Gasteiger partial charge is 0.0199 e. The van der Waals surface area contributed by atoms with Crippen molar-refractivity contribution in [2.45, 2.75) is 25.9 Å². The molecule has 1 rings (SSSR count). The highest BCUT2D eigenvalue weighted by molar-refractivity contribution is 6.25. The summed E-state index contributed by atoms with van der Waals surface area (Å²) >= 11 is 5.49. The molecule has 0 radical (unpaired) electrons. The SMILES string of the molecule is CC1CNCC(C)N1CC=CCl. The summed E-state index contributed by atoms with van der Waals surface area (Å²) in [7, 11) is 0. The number of nitrogens with zero attached hydrogens (tertiary/aromatic N) is 1. The quantitative estimate of drug-likeness (QED) is 0.706. The molecule has 70 valence electrons. The van der Waals surface area contributed by atoms with E-state index in [1.165, 1.54) is 0 Å². The van der Waals surface area contributed by atoms with Crippen molar-refractivity contribution in [3.63, 3.8) is 0 Å². The fourth-order valence-electron chi connectivity index (χ4n) is 1.69. The predicted octanol–water partition coefficient (Wildman–Crippen LogP) is 1.42. The third kappa shape index (κ3) is 2.47. The van der Waals surface area contributed by atoms with Gasteiger partial charge in [0.1, 0.15) is 0 Å². The fourth-order valence-corrected chi connectivity index (χ4v) is 1.77. The summed E-state index contributed by atoms with van der Waals surface area (Å²) < 4.78 is 0. The van der Waals surface area contributed by atoms with Crippen molar-refractivity contribution in [3.8, 4) is 0 Å². The molecule has 3 heteroatoms. The first-order valence-corrected chi connectivity index (χ1v) is 4.91. The molecule has 0 amide bonds. The first kappa shape index (κ1) is 10.0. The number of halogens is 1. The topological polar surface area (TPSA) is 15.3 Å². The Morgan fingerprint density at radius 3 is 2.50 bits per heavy atom. The highest BCUT2D eigenvalue weighted by Crippen LogP contribution is 2.08. The second kappa shape index (κ2) is 4.85. The Morgan fingerprint density at radius 2 is 2.00 bits per heavy atom. The molecule has 0 aliphatic carbocycles. The van der Waals surface area contributed by atoms with E-state index in [2.05, 4.69) is 24.1 Å². The van der Waals surface area contributed by atoms with Gasteiger partial charge in [-0.2, -0.15) is 0 Å². The molecule has 1 saturated heterocycles. The van der Waals surface area contributed by atoms with Crippen molar-refractivity contribution in [3.05, 3.63) is 11.6 Å². The van der Waals surface area contributed by atoms with Crippen LogP contribution < -0.4 is 5.32 Å². The molecule has 0 bridgehead atoms. The Labute approximate surface area is 79.6 Å². The Morgan fingerprint density at radius 1 is 1.42 bits per heavy atom. The van der Waals surface area contributed by atoms with Gasteiger partial charge in [0.2, 0.25) is 0 Å². The maximum atomic E-state index is 5.49. The van der Waals surface area contributed by atoms with Crippen molar-refractivity contribution in [1.29, 1.82) is 0 Å². The van der Waals surface area contributed by atoms with Gasteiger partial charge in [0, 0.05) is 37.3 Å². The number of hydrogen-bond donors (Lipinski definition) is 1. The minimum absolute atomic E-state index is 0.613. The van der Waals surface area contributed by atoms with Gasteiger partial charge in [-0.25, -0.2) is 0 Å². The van der Waals surface area contributed by atoms with E-state index >= 15 is 0 Å². The molecule has 12 heavy (non-hydrogen) atoms. The number of rotatable bonds is 2. The van der Waals surface area contributed by atoms with Crippen LogP contribution in [0.4, 0.5) is 0 Å². The van der Waals surface area contributed by atoms with Gasteiger partial charge in [-0.3, -0.25) is 4.90 Å². The van der Waals surface area contributed by atoms with Crippen LogP contribution in [0.5, 0.6) is 0 Å². The molecule has 2 atom stereocenters. The molecular formula is C9H17ClN2. The Balaban J connectivity index is 2.45. The normalized spacial score (nSPS) is 32.9. The summed E-state index contributed by atoms with van der Waals surface area (Å²) in [5.41, 5.74) is 1.60. The van der Waals surface area contributed by atoms with E-state index in [9.17, 15) is 0 Å². The zero-order chi connectivity index (χ0) is 8.97. The summed E-state index contributed by atoms with van der Waals surface area (Å²) in [4.78, 5) is 2.45. The lowest BCUT2D eigenvalue weighted by atomic mass is 10.1. The predicted molar refractivity (Wildman–Crippen MR) is 53.5 cm³/mol. The molecule has 0 spiro atoms. The van der Waals surface area contributed by atoms with Crippen LogP contribution in [0.1, 0.15) is 13.8 Å². The molecule has 2 nitrogen and oxygen atoms in total. The maximum Gasteiger partial charge on any atom is 0.0199 e. The van der Waals surface area contributed by atoms with E-state index in [1.807, 2.05) is 6.08 Å². The molecule has 1 N–H and O–H groups in total. The van der Waals surface area contributed by atoms with Gasteiger partial charge in [-0.1, -0.05) is 17.7 Å². The van der Waals surface area contributed by atoms with E-state index in [0.717, 1.165) is 19.6 Å². The lowest BCUT2D eigenvalue weighted by Gasteiger charge is -2.38. The van der Waals surface area contributed by atoms with Crippen LogP contribution in [-0.4, -0.2) is 36.6 Å². The average molecular weight is 189 g/mol. The summed E-state index contributed by atoms with van der Waals surface area (Å²) in [6.45, 7) is 7.61.